The highest BCUT2D eigenvalue weighted by Gasteiger charge is 2.07. The van der Waals surface area contributed by atoms with Gasteiger partial charge in [0.1, 0.15) is 0 Å². The molecule has 96 valence electrons. The van der Waals surface area contributed by atoms with E-state index in [-0.39, 0.29) is 0 Å². The first-order chi connectivity index (χ1) is 9.18. The molecule has 0 aliphatic heterocycles. The zero-order valence-electron chi connectivity index (χ0n) is 10.8. The molecule has 0 aliphatic carbocycles. The van der Waals surface area contributed by atoms with E-state index in [1.165, 1.54) is 6.92 Å². The summed E-state index contributed by atoms with van der Waals surface area (Å²) in [5.41, 5.74) is 3.65. The van der Waals surface area contributed by atoms with Crippen molar-refractivity contribution in [2.24, 2.45) is 5.16 Å². The molecule has 1 aromatic carbocycles. The van der Waals surface area contributed by atoms with Crippen molar-refractivity contribution in [1.82, 2.24) is 4.98 Å². The largest absolute Gasteiger partial charge is 0.331 e. The molecule has 0 saturated heterocycles. The van der Waals surface area contributed by atoms with E-state index in [1.807, 2.05) is 43.3 Å². The number of benzene rings is 1. The second kappa shape index (κ2) is 5.91. The predicted octanol–water partition coefficient (Wildman–Crippen LogP) is 3.04. The third-order valence-corrected chi connectivity index (χ3v) is 2.62. The number of carbonyl (C=O) groups is 1. The molecule has 0 atom stereocenters. The number of oxime groups is 1. The maximum absolute atomic E-state index is 10.8. The van der Waals surface area contributed by atoms with E-state index in [1.54, 1.807) is 12.4 Å². The van der Waals surface area contributed by atoms with E-state index in [0.29, 0.717) is 5.71 Å². The highest BCUT2D eigenvalue weighted by molar-refractivity contribution is 6.04. The normalized spacial score (nSPS) is 11.2. The Labute approximate surface area is 111 Å². The first-order valence-electron chi connectivity index (χ1n) is 5.90. The molecule has 4 nitrogen and oxygen atoms in total. The van der Waals surface area contributed by atoms with Gasteiger partial charge in [-0.1, -0.05) is 29.4 Å². The Bertz CT molecular complexity index is 607. The van der Waals surface area contributed by atoms with Crippen LogP contribution in [0.15, 0.2) is 53.9 Å². The van der Waals surface area contributed by atoms with E-state index < -0.39 is 5.97 Å². The molecule has 0 fully saturated rings. The van der Waals surface area contributed by atoms with Crippen LogP contribution in [0.25, 0.3) is 11.1 Å². The van der Waals surface area contributed by atoms with Crippen LogP contribution < -0.4 is 0 Å². The lowest BCUT2D eigenvalue weighted by atomic mass is 9.98. The number of nitrogens with zero attached hydrogens (tertiary/aromatic N) is 2. The Balaban J connectivity index is 2.42. The molecule has 0 spiro atoms. The molecule has 0 amide bonds. The first-order valence-corrected chi connectivity index (χ1v) is 5.90. The second-order valence-corrected chi connectivity index (χ2v) is 4.04. The molecule has 4 heteroatoms. The Morgan fingerprint density at radius 3 is 2.47 bits per heavy atom. The summed E-state index contributed by atoms with van der Waals surface area (Å²) >= 11 is 0. The van der Waals surface area contributed by atoms with Crippen molar-refractivity contribution < 1.29 is 9.63 Å². The predicted molar refractivity (Wildman–Crippen MR) is 73.7 cm³/mol. The van der Waals surface area contributed by atoms with E-state index in [9.17, 15) is 4.79 Å². The van der Waals surface area contributed by atoms with Crippen LogP contribution in [0.5, 0.6) is 0 Å². The second-order valence-electron chi connectivity index (χ2n) is 4.04. The lowest BCUT2D eigenvalue weighted by Gasteiger charge is -2.08. The molecule has 1 heterocycles. The van der Waals surface area contributed by atoms with E-state index in [4.69, 9.17) is 0 Å². The summed E-state index contributed by atoms with van der Waals surface area (Å²) < 4.78 is 0. The molecule has 2 rings (SSSR count). The minimum Gasteiger partial charge on any atom is -0.318 e. The minimum atomic E-state index is -0.430. The Morgan fingerprint density at radius 2 is 1.79 bits per heavy atom. The number of carbonyl (C=O) groups excluding carboxylic acids is 1. The fraction of sp³-hybridized carbons (Fsp3) is 0.133. The number of pyridine rings is 1. The quantitative estimate of drug-likeness (QED) is 0.480. The molecular formula is C15H14N2O2. The van der Waals surface area contributed by atoms with Crippen LogP contribution in [0, 0.1) is 0 Å². The van der Waals surface area contributed by atoms with Gasteiger partial charge in [0.15, 0.2) is 0 Å². The smallest absolute Gasteiger partial charge is 0.318 e. The van der Waals surface area contributed by atoms with Crippen molar-refractivity contribution in [1.29, 1.82) is 0 Å². The SMILES string of the molecule is CC(=O)O/N=C(\C)c1ccccc1-c1ccncc1. The average Bonchev–Trinajstić information content (AvgIpc) is 2.45. The average molecular weight is 254 g/mol. The number of aromatic nitrogens is 1. The summed E-state index contributed by atoms with van der Waals surface area (Å²) in [6, 6.07) is 11.7. The van der Waals surface area contributed by atoms with Crippen LogP contribution in [-0.4, -0.2) is 16.7 Å². The van der Waals surface area contributed by atoms with Gasteiger partial charge in [-0.25, -0.2) is 4.79 Å². The van der Waals surface area contributed by atoms with Crippen molar-refractivity contribution in [2.75, 3.05) is 0 Å². The van der Waals surface area contributed by atoms with E-state index in [0.717, 1.165) is 16.7 Å². The standard InChI is InChI=1S/C15H14N2O2/c1-11(17-19-12(2)18)14-5-3-4-6-15(14)13-7-9-16-10-8-13/h3-10H,1-2H3/b17-11+. The van der Waals surface area contributed by atoms with Crippen molar-refractivity contribution in [3.63, 3.8) is 0 Å². The molecule has 0 radical (unpaired) electrons. The lowest BCUT2D eigenvalue weighted by molar-refractivity contribution is -0.140. The maximum Gasteiger partial charge on any atom is 0.331 e. The molecule has 1 aromatic heterocycles. The maximum atomic E-state index is 10.8. The summed E-state index contributed by atoms with van der Waals surface area (Å²) in [6.45, 7) is 3.13. The van der Waals surface area contributed by atoms with Gasteiger partial charge in [-0.3, -0.25) is 4.98 Å². The first kappa shape index (κ1) is 13.0. The highest BCUT2D eigenvalue weighted by Crippen LogP contribution is 2.23. The number of hydrogen-bond acceptors (Lipinski definition) is 4. The van der Waals surface area contributed by atoms with E-state index >= 15 is 0 Å². The summed E-state index contributed by atoms with van der Waals surface area (Å²) in [5, 5.41) is 3.83. The molecular weight excluding hydrogens is 240 g/mol. The Hall–Kier alpha value is -2.49. The molecule has 0 unspecified atom stereocenters. The third kappa shape index (κ3) is 3.25. The van der Waals surface area contributed by atoms with Crippen LogP contribution in [0.3, 0.4) is 0 Å². The highest BCUT2D eigenvalue weighted by atomic mass is 16.7. The van der Waals surface area contributed by atoms with Crippen molar-refractivity contribution >= 4 is 11.7 Å². The summed E-state index contributed by atoms with van der Waals surface area (Å²) in [7, 11) is 0. The van der Waals surface area contributed by atoms with Crippen LogP contribution in [0.1, 0.15) is 19.4 Å². The van der Waals surface area contributed by atoms with Gasteiger partial charge in [-0.15, -0.1) is 0 Å². The zero-order valence-corrected chi connectivity index (χ0v) is 10.8. The van der Waals surface area contributed by atoms with Gasteiger partial charge in [-0.2, -0.15) is 0 Å². The Kier molecular flexibility index (Phi) is 4.03. The lowest BCUT2D eigenvalue weighted by Crippen LogP contribution is -2.01. The molecule has 0 bridgehead atoms. The minimum absolute atomic E-state index is 0.430. The number of hydrogen-bond donors (Lipinski definition) is 0. The summed E-state index contributed by atoms with van der Waals surface area (Å²) in [6.07, 6.45) is 3.48. The van der Waals surface area contributed by atoms with Gasteiger partial charge in [0, 0.05) is 24.9 Å². The summed E-state index contributed by atoms with van der Waals surface area (Å²) in [5.74, 6) is -0.430. The van der Waals surface area contributed by atoms with Gasteiger partial charge in [0.2, 0.25) is 0 Å². The molecule has 2 aromatic rings. The zero-order chi connectivity index (χ0) is 13.7. The van der Waals surface area contributed by atoms with Crippen molar-refractivity contribution in [2.45, 2.75) is 13.8 Å². The van der Waals surface area contributed by atoms with Crippen LogP contribution in [0.4, 0.5) is 0 Å². The molecule has 0 aliphatic rings. The van der Waals surface area contributed by atoms with Crippen LogP contribution >= 0.6 is 0 Å². The summed E-state index contributed by atoms with van der Waals surface area (Å²) in [4.78, 5) is 19.5. The Morgan fingerprint density at radius 1 is 1.11 bits per heavy atom. The molecule has 0 N–H and O–H groups in total. The fourth-order valence-electron chi connectivity index (χ4n) is 1.76. The van der Waals surface area contributed by atoms with Gasteiger partial charge >= 0.3 is 5.97 Å². The van der Waals surface area contributed by atoms with Gasteiger partial charge in [0.05, 0.1) is 5.71 Å². The topological polar surface area (TPSA) is 51.5 Å². The van der Waals surface area contributed by atoms with Crippen LogP contribution in [0.2, 0.25) is 0 Å². The fourth-order valence-corrected chi connectivity index (χ4v) is 1.76. The monoisotopic (exact) mass is 254 g/mol. The van der Waals surface area contributed by atoms with Gasteiger partial charge < -0.3 is 4.84 Å². The van der Waals surface area contributed by atoms with Crippen LogP contribution in [-0.2, 0) is 9.63 Å². The van der Waals surface area contributed by atoms with Crippen molar-refractivity contribution in [3.8, 4) is 11.1 Å². The van der Waals surface area contributed by atoms with E-state index in [2.05, 4.69) is 15.0 Å². The number of rotatable bonds is 3. The third-order valence-electron chi connectivity index (χ3n) is 2.62. The van der Waals surface area contributed by atoms with Gasteiger partial charge in [0.25, 0.3) is 0 Å². The van der Waals surface area contributed by atoms with Gasteiger partial charge in [-0.05, 0) is 30.2 Å². The molecule has 19 heavy (non-hydrogen) atoms. The molecule has 0 saturated carbocycles. The van der Waals surface area contributed by atoms with Crippen molar-refractivity contribution in [3.05, 3.63) is 54.4 Å².